The van der Waals surface area contributed by atoms with E-state index in [0.29, 0.717) is 5.76 Å². The normalized spacial score (nSPS) is 10.9. The minimum absolute atomic E-state index is 0.0368. The highest BCUT2D eigenvalue weighted by Crippen LogP contribution is 2.32. The SMILES string of the molecule is Cc1cc(CNc2c(Nc3cccc(C(=O)N(C)C)c3O)c(=O)c2=O)oc1C. The number of amides is 1. The van der Waals surface area contributed by atoms with Gasteiger partial charge in [0.1, 0.15) is 22.9 Å². The molecule has 0 saturated heterocycles. The molecule has 0 aliphatic carbocycles. The largest absolute Gasteiger partial charge is 0.505 e. The molecule has 0 atom stereocenters. The third-order valence-corrected chi connectivity index (χ3v) is 4.50. The first-order chi connectivity index (χ1) is 13.2. The van der Waals surface area contributed by atoms with Crippen molar-refractivity contribution in [3.05, 3.63) is 67.4 Å². The van der Waals surface area contributed by atoms with Crippen molar-refractivity contribution in [2.75, 3.05) is 24.7 Å². The van der Waals surface area contributed by atoms with Gasteiger partial charge in [-0.05, 0) is 37.6 Å². The summed E-state index contributed by atoms with van der Waals surface area (Å²) in [4.78, 5) is 37.4. The molecule has 0 bridgehead atoms. The van der Waals surface area contributed by atoms with Gasteiger partial charge in [0.2, 0.25) is 0 Å². The molecule has 3 aromatic rings. The van der Waals surface area contributed by atoms with Crippen LogP contribution in [0.15, 0.2) is 38.3 Å². The maximum atomic E-state index is 12.1. The summed E-state index contributed by atoms with van der Waals surface area (Å²) in [5.41, 5.74) is 0.0421. The Hall–Kier alpha value is -3.55. The molecule has 3 rings (SSSR count). The van der Waals surface area contributed by atoms with Gasteiger partial charge in [0.25, 0.3) is 16.8 Å². The van der Waals surface area contributed by atoms with E-state index in [4.69, 9.17) is 4.42 Å². The molecule has 3 N–H and O–H groups in total. The van der Waals surface area contributed by atoms with Gasteiger partial charge in [-0.2, -0.15) is 0 Å². The van der Waals surface area contributed by atoms with E-state index in [-0.39, 0.29) is 40.8 Å². The van der Waals surface area contributed by atoms with Crippen molar-refractivity contribution >= 4 is 23.0 Å². The second-order valence-electron chi connectivity index (χ2n) is 6.74. The van der Waals surface area contributed by atoms with Crippen molar-refractivity contribution in [3.63, 3.8) is 0 Å². The number of phenols is 1. The molecule has 0 fully saturated rings. The number of aryl methyl sites for hydroxylation is 2. The number of hydrogen-bond acceptors (Lipinski definition) is 7. The number of carbonyl (C=O) groups is 1. The van der Waals surface area contributed by atoms with E-state index in [1.807, 2.05) is 19.9 Å². The van der Waals surface area contributed by atoms with Crippen molar-refractivity contribution in [1.82, 2.24) is 4.90 Å². The molecule has 0 saturated carbocycles. The average Bonchev–Trinajstić information content (AvgIpc) is 2.98. The lowest BCUT2D eigenvalue weighted by Crippen LogP contribution is -2.36. The molecular formula is C20H21N3O5. The predicted molar refractivity (Wildman–Crippen MR) is 106 cm³/mol. The van der Waals surface area contributed by atoms with Crippen LogP contribution in [0.1, 0.15) is 27.4 Å². The third kappa shape index (κ3) is 3.36. The topological polar surface area (TPSA) is 112 Å². The number of aromatic hydroxyl groups is 1. The second-order valence-corrected chi connectivity index (χ2v) is 6.74. The van der Waals surface area contributed by atoms with Gasteiger partial charge in [0, 0.05) is 14.1 Å². The minimum atomic E-state index is -0.696. The van der Waals surface area contributed by atoms with Gasteiger partial charge in [-0.3, -0.25) is 14.4 Å². The predicted octanol–water partition coefficient (Wildman–Crippen LogP) is 2.26. The highest BCUT2D eigenvalue weighted by atomic mass is 16.3. The number of hydrogen-bond donors (Lipinski definition) is 3. The Morgan fingerprint density at radius 2 is 1.82 bits per heavy atom. The summed E-state index contributed by atoms with van der Waals surface area (Å²) in [6, 6.07) is 6.42. The van der Waals surface area contributed by atoms with E-state index in [1.165, 1.54) is 17.0 Å². The maximum Gasteiger partial charge on any atom is 0.257 e. The number of anilines is 3. The van der Waals surface area contributed by atoms with E-state index in [0.717, 1.165) is 11.3 Å². The number of nitrogens with zero attached hydrogens (tertiary/aromatic N) is 1. The summed E-state index contributed by atoms with van der Waals surface area (Å²) in [7, 11) is 3.14. The fourth-order valence-corrected chi connectivity index (χ4v) is 2.78. The molecule has 1 heterocycles. The number of furan rings is 1. The van der Waals surface area contributed by atoms with Crippen molar-refractivity contribution < 1.29 is 14.3 Å². The molecule has 0 aliphatic heterocycles. The zero-order chi connectivity index (χ0) is 20.6. The van der Waals surface area contributed by atoms with Crippen LogP contribution >= 0.6 is 0 Å². The van der Waals surface area contributed by atoms with Gasteiger partial charge >= 0.3 is 0 Å². The zero-order valence-electron chi connectivity index (χ0n) is 16.0. The Kier molecular flexibility index (Phi) is 4.96. The smallest absolute Gasteiger partial charge is 0.257 e. The number of para-hydroxylation sites is 1. The lowest BCUT2D eigenvalue weighted by Gasteiger charge is -2.17. The minimum Gasteiger partial charge on any atom is -0.505 e. The maximum absolute atomic E-state index is 12.1. The van der Waals surface area contributed by atoms with Crippen molar-refractivity contribution in [1.29, 1.82) is 0 Å². The van der Waals surface area contributed by atoms with Gasteiger partial charge in [-0.25, -0.2) is 0 Å². The van der Waals surface area contributed by atoms with E-state index in [1.54, 1.807) is 20.2 Å². The highest BCUT2D eigenvalue weighted by molar-refractivity contribution is 5.99. The van der Waals surface area contributed by atoms with Gasteiger partial charge in [0.05, 0.1) is 17.8 Å². The summed E-state index contributed by atoms with van der Waals surface area (Å²) >= 11 is 0. The number of phenolic OH excluding ortho intramolecular Hbond substituents is 1. The van der Waals surface area contributed by atoms with E-state index >= 15 is 0 Å². The van der Waals surface area contributed by atoms with Crippen LogP contribution in [0.2, 0.25) is 0 Å². The number of benzene rings is 1. The molecular weight excluding hydrogens is 362 g/mol. The van der Waals surface area contributed by atoms with E-state index < -0.39 is 10.9 Å². The Balaban J connectivity index is 1.83. The Morgan fingerprint density at radius 3 is 2.43 bits per heavy atom. The van der Waals surface area contributed by atoms with Crippen LogP contribution in [-0.4, -0.2) is 30.0 Å². The summed E-state index contributed by atoms with van der Waals surface area (Å²) in [5.74, 6) is 0.744. The Bertz CT molecular complexity index is 1100. The van der Waals surface area contributed by atoms with Crippen molar-refractivity contribution in [2.45, 2.75) is 20.4 Å². The lowest BCUT2D eigenvalue weighted by molar-refractivity contribution is 0.0824. The molecule has 8 nitrogen and oxygen atoms in total. The van der Waals surface area contributed by atoms with Crippen molar-refractivity contribution in [2.24, 2.45) is 0 Å². The van der Waals surface area contributed by atoms with Crippen LogP contribution < -0.4 is 21.5 Å². The van der Waals surface area contributed by atoms with Gasteiger partial charge in [-0.1, -0.05) is 6.07 Å². The average molecular weight is 383 g/mol. The molecule has 0 unspecified atom stereocenters. The van der Waals surface area contributed by atoms with E-state index in [9.17, 15) is 19.5 Å². The molecule has 28 heavy (non-hydrogen) atoms. The second kappa shape index (κ2) is 7.22. The molecule has 2 aromatic carbocycles. The molecule has 0 spiro atoms. The fraction of sp³-hybridized carbons (Fsp3) is 0.250. The third-order valence-electron chi connectivity index (χ3n) is 4.50. The summed E-state index contributed by atoms with van der Waals surface area (Å²) in [5, 5.41) is 16.0. The molecule has 8 heteroatoms. The number of rotatable bonds is 6. The quantitative estimate of drug-likeness (QED) is 0.442. The molecule has 1 aromatic heterocycles. The summed E-state index contributed by atoms with van der Waals surface area (Å²) in [6.45, 7) is 3.99. The van der Waals surface area contributed by atoms with Crippen LogP contribution in [0, 0.1) is 13.8 Å². The Morgan fingerprint density at radius 1 is 1.14 bits per heavy atom. The van der Waals surface area contributed by atoms with Crippen LogP contribution in [0.25, 0.3) is 0 Å². The molecule has 0 aliphatic rings. The van der Waals surface area contributed by atoms with Crippen LogP contribution in [0.3, 0.4) is 0 Å². The van der Waals surface area contributed by atoms with Crippen LogP contribution in [0.4, 0.5) is 17.1 Å². The molecule has 146 valence electrons. The van der Waals surface area contributed by atoms with Crippen LogP contribution in [0.5, 0.6) is 5.75 Å². The van der Waals surface area contributed by atoms with Gasteiger partial charge < -0.3 is 25.1 Å². The number of carbonyl (C=O) groups excluding carboxylic acids is 1. The first-order valence-electron chi connectivity index (χ1n) is 8.64. The lowest BCUT2D eigenvalue weighted by atomic mass is 10.1. The standard InChI is InChI=1S/C20H21N3O5/c1-10-8-12(28-11(10)2)9-21-15-16(19(26)18(15)25)22-14-7-5-6-13(17(14)24)20(27)23(3)4/h5-8,21-22,24H,9H2,1-4H3. The van der Waals surface area contributed by atoms with Gasteiger partial charge in [0.15, 0.2) is 5.75 Å². The first kappa shape index (κ1) is 19.2. The Labute approximate surface area is 161 Å². The monoisotopic (exact) mass is 383 g/mol. The summed E-state index contributed by atoms with van der Waals surface area (Å²) < 4.78 is 5.55. The van der Waals surface area contributed by atoms with Crippen molar-refractivity contribution in [3.8, 4) is 5.75 Å². The van der Waals surface area contributed by atoms with E-state index in [2.05, 4.69) is 10.6 Å². The van der Waals surface area contributed by atoms with Gasteiger partial charge in [-0.15, -0.1) is 0 Å². The van der Waals surface area contributed by atoms with Crippen LogP contribution in [-0.2, 0) is 6.54 Å². The summed E-state index contributed by atoms with van der Waals surface area (Å²) in [6.07, 6.45) is 0. The zero-order valence-corrected chi connectivity index (χ0v) is 16.0. The number of nitrogens with one attached hydrogen (secondary N) is 2. The first-order valence-corrected chi connectivity index (χ1v) is 8.64. The fourth-order valence-electron chi connectivity index (χ4n) is 2.78. The highest BCUT2D eigenvalue weighted by Gasteiger charge is 2.23. The molecule has 1 amide bonds. The molecule has 0 radical (unpaired) electrons.